The first-order valence-electron chi connectivity index (χ1n) is 10.4. The zero-order valence-corrected chi connectivity index (χ0v) is 17.8. The number of hydrogen-bond acceptors (Lipinski definition) is 8. The molecule has 0 radical (unpaired) electrons. The number of benzene rings is 2. The summed E-state index contributed by atoms with van der Waals surface area (Å²) in [6.07, 6.45) is -0.275. The molecule has 12 nitrogen and oxygen atoms in total. The van der Waals surface area contributed by atoms with Crippen LogP contribution in [0.5, 0.6) is 5.75 Å². The molecule has 1 spiro atoms. The third-order valence-electron chi connectivity index (χ3n) is 6.66. The first kappa shape index (κ1) is 21.5. The molecule has 4 amide bonds. The number of para-hydroxylation sites is 1. The fraction of sp³-hybridized carbons (Fsp3) is 0.273. The molecule has 2 fully saturated rings. The quantitative estimate of drug-likeness (QED) is 0.323. The zero-order chi connectivity index (χ0) is 24.4. The van der Waals surface area contributed by atoms with E-state index in [0.29, 0.717) is 11.3 Å². The van der Waals surface area contributed by atoms with Gasteiger partial charge in [-0.25, -0.2) is 4.90 Å². The van der Waals surface area contributed by atoms with E-state index < -0.39 is 52.0 Å². The Kier molecular flexibility index (Phi) is 4.65. The number of nitrogens with two attached hydrogens (primary N) is 1. The van der Waals surface area contributed by atoms with Gasteiger partial charge in [0.05, 0.1) is 35.6 Å². The van der Waals surface area contributed by atoms with Gasteiger partial charge in [0.1, 0.15) is 11.3 Å². The van der Waals surface area contributed by atoms with Crippen LogP contribution in [0.3, 0.4) is 0 Å². The van der Waals surface area contributed by atoms with Gasteiger partial charge >= 0.3 is 0 Å². The number of carbonyl (C=O) groups excluding carboxylic acids is 4. The summed E-state index contributed by atoms with van der Waals surface area (Å²) >= 11 is 0. The van der Waals surface area contributed by atoms with E-state index in [0.717, 1.165) is 17.0 Å². The van der Waals surface area contributed by atoms with E-state index in [1.807, 2.05) is 0 Å². The number of methoxy groups -OCH3 is 1. The van der Waals surface area contributed by atoms with Gasteiger partial charge in [0.2, 0.25) is 23.6 Å². The van der Waals surface area contributed by atoms with Crippen LogP contribution in [0.2, 0.25) is 0 Å². The van der Waals surface area contributed by atoms with Crippen LogP contribution < -0.4 is 26.0 Å². The molecule has 0 aliphatic carbocycles. The number of imide groups is 1. The molecular weight excluding hydrogens is 446 g/mol. The predicted octanol–water partition coefficient (Wildman–Crippen LogP) is 0.404. The number of fused-ring (bicyclic) bond motifs is 4. The highest BCUT2D eigenvalue weighted by atomic mass is 16.6. The molecule has 12 heteroatoms. The fourth-order valence-corrected chi connectivity index (χ4v) is 5.35. The smallest absolute Gasteiger partial charge is 0.273 e. The van der Waals surface area contributed by atoms with Gasteiger partial charge in [0.15, 0.2) is 0 Å². The molecule has 3 aliphatic rings. The molecule has 34 heavy (non-hydrogen) atoms. The molecule has 2 saturated heterocycles. The molecule has 3 heterocycles. The zero-order valence-electron chi connectivity index (χ0n) is 17.8. The van der Waals surface area contributed by atoms with Crippen molar-refractivity contribution in [1.82, 2.24) is 5.32 Å². The van der Waals surface area contributed by atoms with Crippen molar-refractivity contribution in [2.24, 2.45) is 17.6 Å². The van der Waals surface area contributed by atoms with Crippen LogP contribution in [0, 0.1) is 22.0 Å². The van der Waals surface area contributed by atoms with Crippen LogP contribution in [0.25, 0.3) is 0 Å². The van der Waals surface area contributed by atoms with Crippen molar-refractivity contribution in [3.05, 3.63) is 58.1 Å². The lowest BCUT2D eigenvalue weighted by atomic mass is 9.76. The maximum Gasteiger partial charge on any atom is 0.273 e. The van der Waals surface area contributed by atoms with Crippen molar-refractivity contribution in [1.29, 1.82) is 0 Å². The molecule has 0 saturated carbocycles. The minimum absolute atomic E-state index is 0.0113. The monoisotopic (exact) mass is 465 g/mol. The van der Waals surface area contributed by atoms with Crippen LogP contribution in [0.15, 0.2) is 42.5 Å². The molecule has 4 atom stereocenters. The third kappa shape index (κ3) is 2.75. The second kappa shape index (κ2) is 7.35. The van der Waals surface area contributed by atoms with Crippen molar-refractivity contribution < 1.29 is 28.8 Å². The topological polar surface area (TPSA) is 174 Å². The van der Waals surface area contributed by atoms with Crippen LogP contribution >= 0.6 is 0 Å². The fourth-order valence-electron chi connectivity index (χ4n) is 5.35. The number of non-ortho nitro benzene ring substituents is 1. The summed E-state index contributed by atoms with van der Waals surface area (Å²) in [6, 6.07) is 9.41. The number of nitro groups is 1. The van der Waals surface area contributed by atoms with Gasteiger partial charge in [-0.1, -0.05) is 18.2 Å². The number of nitrogens with one attached hydrogen (secondary N) is 2. The molecule has 2 aromatic carbocycles. The number of amides is 4. The van der Waals surface area contributed by atoms with Crippen LogP contribution in [-0.4, -0.2) is 41.7 Å². The summed E-state index contributed by atoms with van der Waals surface area (Å²) in [7, 11) is 1.26. The minimum atomic E-state index is -1.59. The van der Waals surface area contributed by atoms with Gasteiger partial charge < -0.3 is 15.8 Å². The van der Waals surface area contributed by atoms with Crippen LogP contribution in [-0.2, 0) is 24.7 Å². The number of rotatable bonds is 5. The lowest BCUT2D eigenvalue weighted by molar-refractivity contribution is -0.384. The van der Waals surface area contributed by atoms with E-state index >= 15 is 0 Å². The average molecular weight is 465 g/mol. The molecule has 0 unspecified atom stereocenters. The van der Waals surface area contributed by atoms with E-state index in [4.69, 9.17) is 10.5 Å². The summed E-state index contributed by atoms with van der Waals surface area (Å²) in [6.45, 7) is 0. The Bertz CT molecular complexity index is 1290. The summed E-state index contributed by atoms with van der Waals surface area (Å²) in [5.74, 6) is -4.87. The molecule has 2 aromatic rings. The number of nitro benzene ring substituents is 1. The van der Waals surface area contributed by atoms with E-state index in [2.05, 4.69) is 10.6 Å². The van der Waals surface area contributed by atoms with Crippen LogP contribution in [0.4, 0.5) is 17.1 Å². The van der Waals surface area contributed by atoms with E-state index in [1.54, 1.807) is 24.3 Å². The lowest BCUT2D eigenvalue weighted by Crippen LogP contribution is -2.53. The Morgan fingerprint density at radius 3 is 2.62 bits per heavy atom. The van der Waals surface area contributed by atoms with Crippen LogP contribution in [0.1, 0.15) is 12.0 Å². The van der Waals surface area contributed by atoms with Crippen molar-refractivity contribution in [2.75, 3.05) is 17.3 Å². The van der Waals surface area contributed by atoms with E-state index in [9.17, 15) is 29.3 Å². The van der Waals surface area contributed by atoms with Gasteiger partial charge in [0.25, 0.3) is 5.69 Å². The molecule has 3 aliphatic heterocycles. The van der Waals surface area contributed by atoms with Crippen molar-refractivity contribution in [3.63, 3.8) is 0 Å². The van der Waals surface area contributed by atoms with Crippen molar-refractivity contribution >= 4 is 40.7 Å². The van der Waals surface area contributed by atoms with Gasteiger partial charge in [-0.15, -0.1) is 0 Å². The van der Waals surface area contributed by atoms with Gasteiger partial charge in [-0.3, -0.25) is 34.6 Å². The Morgan fingerprint density at radius 2 is 1.94 bits per heavy atom. The highest BCUT2D eigenvalue weighted by Gasteiger charge is 2.70. The van der Waals surface area contributed by atoms with E-state index in [1.165, 1.54) is 13.2 Å². The standard InChI is InChI=1S/C22H19N5O7/c1-34-15-8-10(27(32)33)6-7-14(15)26-19(29)17-13(9-16(23)28)25-22(18(17)20(26)30)11-4-2-3-5-12(11)24-21(22)31/h2-8,13,17-18,25H,9H2,1H3,(H2,23,28)(H,24,31)/t13-,17+,18-,22+/m0/s1. The molecule has 4 N–H and O–H groups in total. The minimum Gasteiger partial charge on any atom is -0.494 e. The normalized spacial score (nSPS) is 27.0. The van der Waals surface area contributed by atoms with Gasteiger partial charge in [-0.2, -0.15) is 0 Å². The molecule has 174 valence electrons. The Hall–Kier alpha value is -4.32. The maximum absolute atomic E-state index is 13.8. The lowest BCUT2D eigenvalue weighted by Gasteiger charge is -2.29. The number of primary amides is 1. The number of ether oxygens (including phenoxy) is 1. The molecular formula is C22H19N5O7. The number of carbonyl (C=O) groups is 4. The molecule has 0 bridgehead atoms. The maximum atomic E-state index is 13.8. The largest absolute Gasteiger partial charge is 0.494 e. The van der Waals surface area contributed by atoms with E-state index in [-0.39, 0.29) is 23.5 Å². The molecule has 0 aromatic heterocycles. The Morgan fingerprint density at radius 1 is 1.21 bits per heavy atom. The average Bonchev–Trinajstić information content (AvgIpc) is 3.37. The summed E-state index contributed by atoms with van der Waals surface area (Å²) in [5.41, 5.74) is 4.53. The number of anilines is 2. The SMILES string of the molecule is COc1cc([N+](=O)[O-])ccc1N1C(=O)[C@@H]2[C@H](CC(N)=O)N[C@@]3(C(=O)Nc4ccccc43)[C@@H]2C1=O. The van der Waals surface area contributed by atoms with Crippen molar-refractivity contribution in [2.45, 2.75) is 18.0 Å². The summed E-state index contributed by atoms with van der Waals surface area (Å²) < 4.78 is 5.23. The Labute approximate surface area is 192 Å². The second-order valence-corrected chi connectivity index (χ2v) is 8.36. The Balaban J connectivity index is 1.67. The summed E-state index contributed by atoms with van der Waals surface area (Å²) in [5, 5.41) is 17.0. The highest BCUT2D eigenvalue weighted by Crippen LogP contribution is 2.54. The third-order valence-corrected chi connectivity index (χ3v) is 6.66. The summed E-state index contributed by atoms with van der Waals surface area (Å²) in [4.78, 5) is 64.0. The first-order valence-corrected chi connectivity index (χ1v) is 10.4. The second-order valence-electron chi connectivity index (χ2n) is 8.36. The highest BCUT2D eigenvalue weighted by molar-refractivity contribution is 6.26. The van der Waals surface area contributed by atoms with Crippen molar-refractivity contribution in [3.8, 4) is 5.75 Å². The molecule has 5 rings (SSSR count). The number of hydrogen-bond donors (Lipinski definition) is 3. The van der Waals surface area contributed by atoms with Gasteiger partial charge in [-0.05, 0) is 12.1 Å². The predicted molar refractivity (Wildman–Crippen MR) is 117 cm³/mol. The number of nitrogens with zero attached hydrogens (tertiary/aromatic N) is 2. The van der Waals surface area contributed by atoms with Gasteiger partial charge in [0, 0.05) is 29.8 Å². The first-order chi connectivity index (χ1) is 16.2.